The van der Waals surface area contributed by atoms with E-state index in [0.29, 0.717) is 18.1 Å². The van der Waals surface area contributed by atoms with Gasteiger partial charge >= 0.3 is 0 Å². The molecule has 1 amide bonds. The highest BCUT2D eigenvalue weighted by Crippen LogP contribution is 2.25. The number of pyridine rings is 1. The van der Waals surface area contributed by atoms with Crippen molar-refractivity contribution in [1.82, 2.24) is 10.3 Å². The normalized spacial score (nSPS) is 15.4. The summed E-state index contributed by atoms with van der Waals surface area (Å²) in [5.41, 5.74) is 0.465. The van der Waals surface area contributed by atoms with E-state index in [1.807, 2.05) is 6.07 Å². The van der Waals surface area contributed by atoms with E-state index in [4.69, 9.17) is 4.74 Å². The van der Waals surface area contributed by atoms with Crippen LogP contribution >= 0.6 is 11.8 Å². The Bertz CT molecular complexity index is 368. The molecule has 2 rings (SSSR count). The number of carbonyl (C=O) groups is 1. The summed E-state index contributed by atoms with van der Waals surface area (Å²) in [6.07, 6.45) is 0. The number of hydrogen-bond acceptors (Lipinski definition) is 4. The van der Waals surface area contributed by atoms with E-state index in [-0.39, 0.29) is 5.91 Å². The van der Waals surface area contributed by atoms with Gasteiger partial charge in [-0.15, -0.1) is 11.8 Å². The summed E-state index contributed by atoms with van der Waals surface area (Å²) in [5, 5.41) is 2.77. The average Bonchev–Trinajstić information content (AvgIpc) is 2.40. The Morgan fingerprint density at radius 2 is 2.43 bits per heavy atom. The lowest BCUT2D eigenvalue weighted by Gasteiger charge is -2.04. The van der Waals surface area contributed by atoms with Crippen LogP contribution in [0.2, 0.25) is 0 Å². The summed E-state index contributed by atoms with van der Waals surface area (Å²) in [7, 11) is 1.54. The van der Waals surface area contributed by atoms with Crippen molar-refractivity contribution >= 4 is 17.7 Å². The predicted molar refractivity (Wildman–Crippen MR) is 53.8 cm³/mol. The first-order valence-corrected chi connectivity index (χ1v) is 5.26. The maximum Gasteiger partial charge on any atom is 0.271 e. The van der Waals surface area contributed by atoms with Gasteiger partial charge in [0.15, 0.2) is 0 Å². The van der Waals surface area contributed by atoms with Crippen molar-refractivity contribution in [3.63, 3.8) is 0 Å². The van der Waals surface area contributed by atoms with Gasteiger partial charge in [0, 0.05) is 23.3 Å². The van der Waals surface area contributed by atoms with E-state index in [2.05, 4.69) is 10.3 Å². The fourth-order valence-electron chi connectivity index (χ4n) is 1.23. The summed E-state index contributed by atoms with van der Waals surface area (Å²) < 4.78 is 4.97. The largest absolute Gasteiger partial charge is 0.481 e. The minimum atomic E-state index is -0.121. The van der Waals surface area contributed by atoms with Gasteiger partial charge in [-0.2, -0.15) is 0 Å². The molecule has 1 aliphatic rings. The van der Waals surface area contributed by atoms with Crippen LogP contribution in [0, 0.1) is 0 Å². The second-order valence-electron chi connectivity index (χ2n) is 2.80. The standard InChI is InChI=1S/C9H10N2O2S/c1-13-7-3-2-6-8(11-7)9(12)10-4-5-14-6/h2-3H,4-5H2,1H3,(H,10,12). The molecule has 4 nitrogen and oxygen atoms in total. The Hall–Kier alpha value is -1.23. The monoisotopic (exact) mass is 210 g/mol. The van der Waals surface area contributed by atoms with Crippen molar-refractivity contribution in [3.05, 3.63) is 17.8 Å². The number of nitrogens with one attached hydrogen (secondary N) is 1. The maximum absolute atomic E-state index is 11.5. The number of thioether (sulfide) groups is 1. The lowest BCUT2D eigenvalue weighted by atomic mass is 10.3. The topological polar surface area (TPSA) is 51.2 Å². The second kappa shape index (κ2) is 3.88. The van der Waals surface area contributed by atoms with Gasteiger partial charge in [-0.25, -0.2) is 4.98 Å². The number of hydrogen-bond donors (Lipinski definition) is 1. The molecule has 0 aliphatic carbocycles. The minimum absolute atomic E-state index is 0.121. The molecule has 14 heavy (non-hydrogen) atoms. The van der Waals surface area contributed by atoms with Gasteiger partial charge in [0.25, 0.3) is 5.91 Å². The summed E-state index contributed by atoms with van der Waals surface area (Å²) in [6.45, 7) is 0.683. The first kappa shape index (κ1) is 9.33. The molecule has 1 N–H and O–H groups in total. The number of carbonyl (C=O) groups excluding carboxylic acids is 1. The molecule has 0 unspecified atom stereocenters. The maximum atomic E-state index is 11.5. The molecule has 1 aliphatic heterocycles. The van der Waals surface area contributed by atoms with E-state index in [0.717, 1.165) is 10.6 Å². The van der Waals surface area contributed by atoms with E-state index >= 15 is 0 Å². The number of amides is 1. The molecule has 2 heterocycles. The number of methoxy groups -OCH3 is 1. The smallest absolute Gasteiger partial charge is 0.271 e. The van der Waals surface area contributed by atoms with Gasteiger partial charge in [0.2, 0.25) is 5.88 Å². The molecular formula is C9H10N2O2S. The SMILES string of the molecule is COc1ccc2c(n1)C(=O)NCCS2. The summed E-state index contributed by atoms with van der Waals surface area (Å²) in [6, 6.07) is 3.64. The summed E-state index contributed by atoms with van der Waals surface area (Å²) in [4.78, 5) is 16.6. The van der Waals surface area contributed by atoms with Crippen LogP contribution in [0.15, 0.2) is 17.0 Å². The molecule has 1 aromatic heterocycles. The highest BCUT2D eigenvalue weighted by molar-refractivity contribution is 7.99. The summed E-state index contributed by atoms with van der Waals surface area (Å²) >= 11 is 1.63. The molecule has 0 bridgehead atoms. The highest BCUT2D eigenvalue weighted by atomic mass is 32.2. The van der Waals surface area contributed by atoms with Crippen LogP contribution in [0.4, 0.5) is 0 Å². The lowest BCUT2D eigenvalue weighted by Crippen LogP contribution is -2.24. The Morgan fingerprint density at radius 3 is 3.21 bits per heavy atom. The fraction of sp³-hybridized carbons (Fsp3) is 0.333. The zero-order chi connectivity index (χ0) is 9.97. The van der Waals surface area contributed by atoms with Gasteiger partial charge in [0.1, 0.15) is 5.69 Å². The van der Waals surface area contributed by atoms with Crippen molar-refractivity contribution in [3.8, 4) is 5.88 Å². The molecule has 0 radical (unpaired) electrons. The van der Waals surface area contributed by atoms with Crippen molar-refractivity contribution in [2.75, 3.05) is 19.4 Å². The third-order valence-corrected chi connectivity index (χ3v) is 2.95. The average molecular weight is 210 g/mol. The highest BCUT2D eigenvalue weighted by Gasteiger charge is 2.17. The van der Waals surface area contributed by atoms with Crippen LogP contribution < -0.4 is 10.1 Å². The molecule has 0 spiro atoms. The Kier molecular flexibility index (Phi) is 2.58. The molecule has 0 saturated carbocycles. The summed E-state index contributed by atoms with van der Waals surface area (Å²) in [5.74, 6) is 1.23. The molecule has 0 aromatic carbocycles. The van der Waals surface area contributed by atoms with Crippen molar-refractivity contribution < 1.29 is 9.53 Å². The number of rotatable bonds is 1. The van der Waals surface area contributed by atoms with Crippen LogP contribution in [0.3, 0.4) is 0 Å². The molecular weight excluding hydrogens is 200 g/mol. The number of fused-ring (bicyclic) bond motifs is 1. The Morgan fingerprint density at radius 1 is 1.57 bits per heavy atom. The van der Waals surface area contributed by atoms with Gasteiger partial charge < -0.3 is 10.1 Å². The lowest BCUT2D eigenvalue weighted by molar-refractivity contribution is 0.0948. The van der Waals surface area contributed by atoms with Crippen LogP contribution in [0.1, 0.15) is 10.5 Å². The zero-order valence-corrected chi connectivity index (χ0v) is 8.56. The van der Waals surface area contributed by atoms with E-state index in [1.165, 1.54) is 7.11 Å². The molecule has 0 saturated heterocycles. The van der Waals surface area contributed by atoms with Crippen LogP contribution in [0.25, 0.3) is 0 Å². The number of nitrogens with zero attached hydrogens (tertiary/aromatic N) is 1. The van der Waals surface area contributed by atoms with Gasteiger partial charge in [-0.05, 0) is 6.07 Å². The van der Waals surface area contributed by atoms with Crippen molar-refractivity contribution in [1.29, 1.82) is 0 Å². The van der Waals surface area contributed by atoms with Gasteiger partial charge in [-0.1, -0.05) is 0 Å². The van der Waals surface area contributed by atoms with E-state index < -0.39 is 0 Å². The third kappa shape index (κ3) is 1.68. The van der Waals surface area contributed by atoms with Crippen LogP contribution in [-0.2, 0) is 0 Å². The Labute approximate surface area is 86.1 Å². The number of aromatic nitrogens is 1. The number of ether oxygens (including phenoxy) is 1. The predicted octanol–water partition coefficient (Wildman–Crippen LogP) is 0.926. The fourth-order valence-corrected chi connectivity index (χ4v) is 2.09. The molecule has 0 fully saturated rings. The van der Waals surface area contributed by atoms with Crippen molar-refractivity contribution in [2.24, 2.45) is 0 Å². The third-order valence-electron chi connectivity index (χ3n) is 1.90. The van der Waals surface area contributed by atoms with Crippen molar-refractivity contribution in [2.45, 2.75) is 4.90 Å². The van der Waals surface area contributed by atoms with Gasteiger partial charge in [0.05, 0.1) is 7.11 Å². The van der Waals surface area contributed by atoms with E-state index in [9.17, 15) is 4.79 Å². The van der Waals surface area contributed by atoms with Crippen LogP contribution in [-0.4, -0.2) is 30.3 Å². The minimum Gasteiger partial charge on any atom is -0.481 e. The zero-order valence-electron chi connectivity index (χ0n) is 7.74. The molecule has 1 aromatic rings. The Balaban J connectivity index is 2.44. The van der Waals surface area contributed by atoms with Gasteiger partial charge in [-0.3, -0.25) is 4.79 Å². The molecule has 0 atom stereocenters. The first-order chi connectivity index (χ1) is 6.81. The quantitative estimate of drug-likeness (QED) is 0.749. The molecule has 5 heteroatoms. The van der Waals surface area contributed by atoms with E-state index in [1.54, 1.807) is 17.8 Å². The first-order valence-electron chi connectivity index (χ1n) is 4.27. The van der Waals surface area contributed by atoms with Crippen LogP contribution in [0.5, 0.6) is 5.88 Å². The molecule has 74 valence electrons. The second-order valence-corrected chi connectivity index (χ2v) is 3.94.